The number of rotatable bonds is 5. The van der Waals surface area contributed by atoms with E-state index < -0.39 is 10.0 Å². The first-order chi connectivity index (χ1) is 8.62. The third-order valence-electron chi connectivity index (χ3n) is 2.83. The quantitative estimate of drug-likeness (QED) is 0.854. The van der Waals surface area contributed by atoms with Crippen molar-refractivity contribution < 1.29 is 8.42 Å². The molecule has 1 fully saturated rings. The van der Waals surface area contributed by atoms with Crippen LogP contribution in [0.15, 0.2) is 23.2 Å². The Morgan fingerprint density at radius 1 is 1.50 bits per heavy atom. The molecule has 18 heavy (non-hydrogen) atoms. The Labute approximate surface area is 112 Å². The van der Waals surface area contributed by atoms with Crippen LogP contribution >= 0.6 is 11.8 Å². The van der Waals surface area contributed by atoms with Gasteiger partial charge in [0.15, 0.2) is 0 Å². The van der Waals surface area contributed by atoms with Crippen LogP contribution in [0, 0.1) is 0 Å². The molecule has 2 heterocycles. The summed E-state index contributed by atoms with van der Waals surface area (Å²) in [6, 6.07) is 3.21. The summed E-state index contributed by atoms with van der Waals surface area (Å²) in [5.74, 6) is 1.78. The lowest BCUT2D eigenvalue weighted by Crippen LogP contribution is -2.29. The van der Waals surface area contributed by atoms with Gasteiger partial charge >= 0.3 is 0 Å². The minimum atomic E-state index is -3.43. The van der Waals surface area contributed by atoms with E-state index in [0.29, 0.717) is 17.6 Å². The van der Waals surface area contributed by atoms with E-state index in [9.17, 15) is 8.42 Å². The lowest BCUT2D eigenvalue weighted by Gasteiger charge is -2.10. The van der Waals surface area contributed by atoms with E-state index in [1.54, 1.807) is 19.2 Å². The average molecular weight is 287 g/mol. The van der Waals surface area contributed by atoms with Crippen molar-refractivity contribution in [2.75, 3.05) is 24.7 Å². The molecule has 1 aromatic rings. The number of aromatic nitrogens is 1. The summed E-state index contributed by atoms with van der Waals surface area (Å²) in [6.45, 7) is 0.501. The van der Waals surface area contributed by atoms with Gasteiger partial charge in [-0.2, -0.15) is 11.8 Å². The second kappa shape index (κ2) is 5.90. The lowest BCUT2D eigenvalue weighted by atomic mass is 10.2. The second-order valence-corrected chi connectivity index (χ2v) is 7.29. The van der Waals surface area contributed by atoms with Crippen LogP contribution in [0.1, 0.15) is 12.8 Å². The molecule has 0 bridgehead atoms. The van der Waals surface area contributed by atoms with Gasteiger partial charge in [0.1, 0.15) is 10.7 Å². The highest BCUT2D eigenvalue weighted by Gasteiger charge is 2.20. The van der Waals surface area contributed by atoms with Crippen molar-refractivity contribution in [2.45, 2.75) is 23.0 Å². The molecule has 0 radical (unpaired) electrons. The third kappa shape index (κ3) is 3.37. The lowest BCUT2D eigenvalue weighted by molar-refractivity contribution is 0.578. The minimum absolute atomic E-state index is 0.212. The molecule has 7 heteroatoms. The van der Waals surface area contributed by atoms with Crippen LogP contribution in [0.2, 0.25) is 0 Å². The van der Waals surface area contributed by atoms with Crippen molar-refractivity contribution in [3.63, 3.8) is 0 Å². The van der Waals surface area contributed by atoms with E-state index in [1.165, 1.54) is 12.6 Å². The van der Waals surface area contributed by atoms with Crippen molar-refractivity contribution in [3.8, 4) is 0 Å². The van der Waals surface area contributed by atoms with Gasteiger partial charge in [0, 0.05) is 25.0 Å². The van der Waals surface area contributed by atoms with Gasteiger partial charge < -0.3 is 5.32 Å². The molecule has 1 aliphatic heterocycles. The predicted molar refractivity (Wildman–Crippen MR) is 74.5 cm³/mol. The monoisotopic (exact) mass is 287 g/mol. The van der Waals surface area contributed by atoms with Crippen LogP contribution < -0.4 is 10.0 Å². The van der Waals surface area contributed by atoms with E-state index in [-0.39, 0.29) is 4.90 Å². The molecule has 0 amide bonds. The van der Waals surface area contributed by atoms with E-state index in [0.717, 1.165) is 12.2 Å². The largest absolute Gasteiger partial charge is 0.373 e. The molecule has 100 valence electrons. The van der Waals surface area contributed by atoms with E-state index in [4.69, 9.17) is 0 Å². The van der Waals surface area contributed by atoms with Crippen molar-refractivity contribution in [1.29, 1.82) is 0 Å². The Bertz CT molecular complexity index is 482. The normalized spacial score (nSPS) is 19.9. The molecule has 0 aliphatic carbocycles. The Hall–Kier alpha value is -0.790. The molecule has 1 aromatic heterocycles. The molecule has 1 atom stereocenters. The highest BCUT2D eigenvalue weighted by atomic mass is 32.2. The van der Waals surface area contributed by atoms with Crippen molar-refractivity contribution in [3.05, 3.63) is 18.3 Å². The maximum atomic E-state index is 12.0. The number of anilines is 1. The Kier molecular flexibility index (Phi) is 4.47. The van der Waals surface area contributed by atoms with Crippen molar-refractivity contribution in [2.24, 2.45) is 0 Å². The fraction of sp³-hybridized carbons (Fsp3) is 0.545. The van der Waals surface area contributed by atoms with Gasteiger partial charge in [0.05, 0.1) is 0 Å². The highest BCUT2D eigenvalue weighted by Crippen LogP contribution is 2.25. The average Bonchev–Trinajstić information content (AvgIpc) is 2.90. The topological polar surface area (TPSA) is 71.1 Å². The van der Waals surface area contributed by atoms with Gasteiger partial charge in [-0.05, 0) is 30.7 Å². The molecule has 2 rings (SSSR count). The van der Waals surface area contributed by atoms with Gasteiger partial charge in [-0.15, -0.1) is 0 Å². The molecule has 1 aliphatic rings. The zero-order chi connectivity index (χ0) is 13.0. The van der Waals surface area contributed by atoms with E-state index >= 15 is 0 Å². The third-order valence-corrected chi connectivity index (χ3v) is 5.63. The molecule has 1 saturated heterocycles. The maximum absolute atomic E-state index is 12.0. The minimum Gasteiger partial charge on any atom is -0.373 e. The fourth-order valence-electron chi connectivity index (χ4n) is 1.78. The number of pyridine rings is 1. The van der Waals surface area contributed by atoms with Crippen molar-refractivity contribution in [1.82, 2.24) is 9.71 Å². The summed E-state index contributed by atoms with van der Waals surface area (Å²) in [5, 5.41) is 3.26. The summed E-state index contributed by atoms with van der Waals surface area (Å²) >= 11 is 1.83. The van der Waals surface area contributed by atoms with Crippen LogP contribution in [0.4, 0.5) is 5.82 Å². The number of thioether (sulfide) groups is 1. The van der Waals surface area contributed by atoms with Gasteiger partial charge in [0.2, 0.25) is 10.0 Å². The first-order valence-electron chi connectivity index (χ1n) is 5.87. The Balaban J connectivity index is 2.00. The van der Waals surface area contributed by atoms with Gasteiger partial charge in [-0.25, -0.2) is 18.1 Å². The summed E-state index contributed by atoms with van der Waals surface area (Å²) in [4.78, 5) is 4.22. The van der Waals surface area contributed by atoms with Gasteiger partial charge in [-0.3, -0.25) is 0 Å². The van der Waals surface area contributed by atoms with Crippen molar-refractivity contribution >= 4 is 27.6 Å². The SMILES string of the molecule is CNc1ccc(S(=O)(=O)NCC2CCCS2)cn1. The Morgan fingerprint density at radius 2 is 2.33 bits per heavy atom. The number of sulfonamides is 1. The van der Waals surface area contributed by atoms with E-state index in [2.05, 4.69) is 15.0 Å². The molecule has 5 nitrogen and oxygen atoms in total. The second-order valence-electron chi connectivity index (χ2n) is 4.12. The molecule has 0 saturated carbocycles. The summed E-state index contributed by atoms with van der Waals surface area (Å²) in [7, 11) is -1.68. The number of nitrogens with zero attached hydrogens (tertiary/aromatic N) is 1. The van der Waals surface area contributed by atoms with Crippen LogP contribution in [0.25, 0.3) is 0 Å². The van der Waals surface area contributed by atoms with Gasteiger partial charge in [0.25, 0.3) is 0 Å². The Morgan fingerprint density at radius 3 is 2.89 bits per heavy atom. The van der Waals surface area contributed by atoms with Crippen LogP contribution in [0.3, 0.4) is 0 Å². The smallest absolute Gasteiger partial charge is 0.242 e. The number of nitrogens with one attached hydrogen (secondary N) is 2. The van der Waals surface area contributed by atoms with Crippen LogP contribution in [-0.2, 0) is 10.0 Å². The molecule has 2 N–H and O–H groups in total. The first-order valence-corrected chi connectivity index (χ1v) is 8.40. The first kappa shape index (κ1) is 13.6. The molecular formula is C11H17N3O2S2. The molecule has 1 unspecified atom stereocenters. The predicted octanol–water partition coefficient (Wildman–Crippen LogP) is 1.30. The molecule has 0 aromatic carbocycles. The maximum Gasteiger partial charge on any atom is 0.242 e. The summed E-state index contributed by atoms with van der Waals surface area (Å²) < 4.78 is 26.7. The molecule has 0 spiro atoms. The van der Waals surface area contributed by atoms with Crippen LogP contribution in [-0.4, -0.2) is 38.0 Å². The summed E-state index contributed by atoms with van der Waals surface area (Å²) in [6.07, 6.45) is 3.63. The van der Waals surface area contributed by atoms with Crippen LogP contribution in [0.5, 0.6) is 0 Å². The zero-order valence-corrected chi connectivity index (χ0v) is 11.9. The summed E-state index contributed by atoms with van der Waals surface area (Å²) in [5.41, 5.74) is 0. The number of hydrogen-bond acceptors (Lipinski definition) is 5. The molecular weight excluding hydrogens is 270 g/mol. The zero-order valence-electron chi connectivity index (χ0n) is 10.2. The standard InChI is InChI=1S/C11H17N3O2S2/c1-12-11-5-4-10(8-13-11)18(15,16)14-7-9-3-2-6-17-9/h4-5,8-9,14H,2-3,6-7H2,1H3,(H,12,13). The van der Waals surface area contributed by atoms with Gasteiger partial charge in [-0.1, -0.05) is 0 Å². The van der Waals surface area contributed by atoms with E-state index in [1.807, 2.05) is 11.8 Å². The fourth-order valence-corrected chi connectivity index (χ4v) is 4.11. The number of hydrogen-bond donors (Lipinski definition) is 2. The highest BCUT2D eigenvalue weighted by molar-refractivity contribution is 8.00.